The van der Waals surface area contributed by atoms with Crippen molar-refractivity contribution < 1.29 is 14.6 Å². The first-order chi connectivity index (χ1) is 7.72. The molecule has 1 atom stereocenters. The van der Waals surface area contributed by atoms with Gasteiger partial charge in [-0.2, -0.15) is 0 Å². The molecule has 1 saturated heterocycles. The lowest BCUT2D eigenvalue weighted by atomic mass is 10.1. The lowest BCUT2D eigenvalue weighted by molar-refractivity contribution is -0.137. The maximum absolute atomic E-state index is 10.4. The van der Waals surface area contributed by atoms with E-state index in [4.69, 9.17) is 9.84 Å². The number of hydrogen-bond donors (Lipinski definition) is 1. The highest BCUT2D eigenvalue weighted by Gasteiger charge is 2.19. The quantitative estimate of drug-likeness (QED) is 0.676. The van der Waals surface area contributed by atoms with Gasteiger partial charge in [-0.15, -0.1) is 0 Å². The zero-order chi connectivity index (χ0) is 11.8. The van der Waals surface area contributed by atoms with Gasteiger partial charge in [-0.05, 0) is 45.7 Å². The van der Waals surface area contributed by atoms with Crippen LogP contribution in [-0.2, 0) is 9.53 Å². The van der Waals surface area contributed by atoms with Gasteiger partial charge >= 0.3 is 5.97 Å². The van der Waals surface area contributed by atoms with E-state index in [2.05, 4.69) is 4.90 Å². The molecule has 1 N–H and O–H groups in total. The lowest BCUT2D eigenvalue weighted by Gasteiger charge is -2.32. The topological polar surface area (TPSA) is 49.8 Å². The molecule has 1 fully saturated rings. The Morgan fingerprint density at radius 1 is 1.50 bits per heavy atom. The SMILES string of the molecule is CCOC1CCCN(CCCCC(=O)O)C1. The van der Waals surface area contributed by atoms with Crippen LogP contribution in [0.3, 0.4) is 0 Å². The van der Waals surface area contributed by atoms with Crippen LogP contribution < -0.4 is 0 Å². The average molecular weight is 229 g/mol. The van der Waals surface area contributed by atoms with E-state index in [1.54, 1.807) is 0 Å². The molecule has 0 spiro atoms. The van der Waals surface area contributed by atoms with E-state index < -0.39 is 5.97 Å². The van der Waals surface area contributed by atoms with Gasteiger partial charge in [-0.3, -0.25) is 4.79 Å². The Kier molecular flexibility index (Phi) is 6.42. The summed E-state index contributed by atoms with van der Waals surface area (Å²) in [5.41, 5.74) is 0. The van der Waals surface area contributed by atoms with Crippen LogP contribution in [0.1, 0.15) is 39.0 Å². The fourth-order valence-electron chi connectivity index (χ4n) is 2.20. The maximum atomic E-state index is 10.4. The highest BCUT2D eigenvalue weighted by Crippen LogP contribution is 2.13. The number of hydrogen-bond acceptors (Lipinski definition) is 3. The van der Waals surface area contributed by atoms with E-state index in [9.17, 15) is 4.79 Å². The van der Waals surface area contributed by atoms with Crippen molar-refractivity contribution in [2.24, 2.45) is 0 Å². The molecule has 94 valence electrons. The van der Waals surface area contributed by atoms with Crippen LogP contribution in [0, 0.1) is 0 Å². The molecule has 0 saturated carbocycles. The molecule has 1 heterocycles. The van der Waals surface area contributed by atoms with Gasteiger partial charge in [0.25, 0.3) is 0 Å². The Bertz CT molecular complexity index is 206. The van der Waals surface area contributed by atoms with Crippen molar-refractivity contribution in [2.45, 2.75) is 45.1 Å². The average Bonchev–Trinajstić information content (AvgIpc) is 2.25. The summed E-state index contributed by atoms with van der Waals surface area (Å²) in [4.78, 5) is 12.7. The fraction of sp³-hybridized carbons (Fsp3) is 0.917. The van der Waals surface area contributed by atoms with Crippen molar-refractivity contribution in [3.8, 4) is 0 Å². The third kappa shape index (κ3) is 5.47. The number of aliphatic carboxylic acids is 1. The Morgan fingerprint density at radius 3 is 3.00 bits per heavy atom. The van der Waals surface area contributed by atoms with Gasteiger partial charge in [0, 0.05) is 19.6 Å². The van der Waals surface area contributed by atoms with Crippen LogP contribution in [0.4, 0.5) is 0 Å². The number of nitrogens with zero attached hydrogens (tertiary/aromatic N) is 1. The zero-order valence-electron chi connectivity index (χ0n) is 10.2. The van der Waals surface area contributed by atoms with Crippen molar-refractivity contribution in [3.63, 3.8) is 0 Å². The van der Waals surface area contributed by atoms with Crippen LogP contribution in [0.25, 0.3) is 0 Å². The summed E-state index contributed by atoms with van der Waals surface area (Å²) in [6.45, 7) is 5.98. The summed E-state index contributed by atoms with van der Waals surface area (Å²) in [6.07, 6.45) is 4.81. The second kappa shape index (κ2) is 7.63. The van der Waals surface area contributed by atoms with Gasteiger partial charge in [0.05, 0.1) is 6.10 Å². The van der Waals surface area contributed by atoms with E-state index >= 15 is 0 Å². The smallest absolute Gasteiger partial charge is 0.303 e. The van der Waals surface area contributed by atoms with E-state index in [0.29, 0.717) is 12.5 Å². The maximum Gasteiger partial charge on any atom is 0.303 e. The zero-order valence-corrected chi connectivity index (χ0v) is 10.2. The van der Waals surface area contributed by atoms with E-state index in [0.717, 1.165) is 39.1 Å². The van der Waals surface area contributed by atoms with Gasteiger partial charge in [0.2, 0.25) is 0 Å². The van der Waals surface area contributed by atoms with Crippen LogP contribution in [-0.4, -0.2) is 48.3 Å². The molecule has 16 heavy (non-hydrogen) atoms. The molecule has 4 nitrogen and oxygen atoms in total. The van der Waals surface area contributed by atoms with E-state index in [1.165, 1.54) is 12.8 Å². The Morgan fingerprint density at radius 2 is 2.31 bits per heavy atom. The first kappa shape index (κ1) is 13.5. The lowest BCUT2D eigenvalue weighted by Crippen LogP contribution is -2.40. The summed E-state index contributed by atoms with van der Waals surface area (Å²) in [7, 11) is 0. The number of carbonyl (C=O) groups is 1. The molecule has 1 unspecified atom stereocenters. The predicted molar refractivity (Wildman–Crippen MR) is 62.6 cm³/mol. The third-order valence-corrected chi connectivity index (χ3v) is 2.98. The first-order valence-electron chi connectivity index (χ1n) is 6.28. The summed E-state index contributed by atoms with van der Waals surface area (Å²) in [5.74, 6) is -0.689. The Hall–Kier alpha value is -0.610. The molecular formula is C12H23NO3. The molecule has 0 amide bonds. The number of carboxylic acid groups (broad SMARTS) is 1. The largest absolute Gasteiger partial charge is 0.481 e. The molecular weight excluding hydrogens is 206 g/mol. The van der Waals surface area contributed by atoms with Crippen molar-refractivity contribution in [3.05, 3.63) is 0 Å². The van der Waals surface area contributed by atoms with E-state index in [-0.39, 0.29) is 0 Å². The standard InChI is InChI=1S/C12H23NO3/c1-2-16-11-6-5-9-13(10-11)8-4-3-7-12(14)15/h11H,2-10H2,1H3,(H,14,15). The normalized spacial score (nSPS) is 22.2. The van der Waals surface area contributed by atoms with Crippen LogP contribution in [0.5, 0.6) is 0 Å². The molecule has 0 aromatic rings. The van der Waals surface area contributed by atoms with Gasteiger partial charge in [-0.1, -0.05) is 0 Å². The molecule has 1 aliphatic heterocycles. The number of carboxylic acids is 1. The molecule has 0 bridgehead atoms. The van der Waals surface area contributed by atoms with Crippen LogP contribution in [0.15, 0.2) is 0 Å². The minimum atomic E-state index is -0.689. The van der Waals surface area contributed by atoms with E-state index in [1.807, 2.05) is 6.92 Å². The van der Waals surface area contributed by atoms with Crippen molar-refractivity contribution in [2.75, 3.05) is 26.2 Å². The van der Waals surface area contributed by atoms with Crippen LogP contribution >= 0.6 is 0 Å². The second-order valence-corrected chi connectivity index (χ2v) is 4.37. The van der Waals surface area contributed by atoms with Gasteiger partial charge < -0.3 is 14.7 Å². The van der Waals surface area contributed by atoms with Crippen molar-refractivity contribution in [1.29, 1.82) is 0 Å². The third-order valence-electron chi connectivity index (χ3n) is 2.98. The number of rotatable bonds is 7. The molecule has 0 aliphatic carbocycles. The second-order valence-electron chi connectivity index (χ2n) is 4.37. The van der Waals surface area contributed by atoms with Crippen molar-refractivity contribution >= 4 is 5.97 Å². The number of ether oxygens (including phenoxy) is 1. The highest BCUT2D eigenvalue weighted by atomic mass is 16.5. The number of likely N-dealkylation sites (tertiary alicyclic amines) is 1. The van der Waals surface area contributed by atoms with Gasteiger partial charge in [0.1, 0.15) is 0 Å². The fourth-order valence-corrected chi connectivity index (χ4v) is 2.20. The molecule has 0 aromatic carbocycles. The minimum Gasteiger partial charge on any atom is -0.481 e. The molecule has 0 radical (unpaired) electrons. The minimum absolute atomic E-state index is 0.294. The van der Waals surface area contributed by atoms with Gasteiger partial charge in [-0.25, -0.2) is 0 Å². The van der Waals surface area contributed by atoms with Crippen LogP contribution in [0.2, 0.25) is 0 Å². The summed E-state index contributed by atoms with van der Waals surface area (Å²) in [6, 6.07) is 0. The number of piperidine rings is 1. The number of unbranched alkanes of at least 4 members (excludes halogenated alkanes) is 1. The summed E-state index contributed by atoms with van der Waals surface area (Å²) in [5, 5.41) is 8.53. The monoisotopic (exact) mass is 229 g/mol. The molecule has 1 rings (SSSR count). The molecule has 1 aliphatic rings. The molecule has 0 aromatic heterocycles. The summed E-state index contributed by atoms with van der Waals surface area (Å²) >= 11 is 0. The van der Waals surface area contributed by atoms with Gasteiger partial charge in [0.15, 0.2) is 0 Å². The predicted octanol–water partition coefficient (Wildman–Crippen LogP) is 1.74. The molecule has 4 heteroatoms. The Labute approximate surface area is 97.6 Å². The highest BCUT2D eigenvalue weighted by molar-refractivity contribution is 5.66. The summed E-state index contributed by atoms with van der Waals surface area (Å²) < 4.78 is 5.62. The van der Waals surface area contributed by atoms with Crippen molar-refractivity contribution in [1.82, 2.24) is 4.90 Å². The first-order valence-corrected chi connectivity index (χ1v) is 6.28. The Balaban J connectivity index is 2.09.